The summed E-state index contributed by atoms with van der Waals surface area (Å²) in [5.74, 6) is -0.431. The summed E-state index contributed by atoms with van der Waals surface area (Å²) in [6, 6.07) is 5.51. The van der Waals surface area contributed by atoms with Gasteiger partial charge in [0.05, 0.1) is 11.4 Å². The van der Waals surface area contributed by atoms with Crippen molar-refractivity contribution in [2.45, 2.75) is 18.0 Å². The van der Waals surface area contributed by atoms with Gasteiger partial charge in [-0.25, -0.2) is 17.5 Å². The number of hydrogen-bond donors (Lipinski definition) is 2. The Kier molecular flexibility index (Phi) is 5.05. The monoisotopic (exact) mass is 312 g/mol. The van der Waals surface area contributed by atoms with Gasteiger partial charge in [0.1, 0.15) is 5.82 Å². The molecule has 0 unspecified atom stereocenters. The van der Waals surface area contributed by atoms with Gasteiger partial charge in [-0.2, -0.15) is 5.10 Å². The Hall–Kier alpha value is -1.77. The molecule has 0 atom stereocenters. The van der Waals surface area contributed by atoms with Gasteiger partial charge in [-0.05, 0) is 31.3 Å². The molecule has 2 rings (SSSR count). The molecule has 0 aliphatic rings. The van der Waals surface area contributed by atoms with Crippen molar-refractivity contribution in [3.63, 3.8) is 0 Å². The molecule has 6 nitrogen and oxygen atoms in total. The van der Waals surface area contributed by atoms with E-state index in [4.69, 9.17) is 0 Å². The third-order valence-electron chi connectivity index (χ3n) is 2.89. The van der Waals surface area contributed by atoms with Crippen molar-refractivity contribution in [3.8, 4) is 0 Å². The number of sulfonamides is 1. The van der Waals surface area contributed by atoms with E-state index in [-0.39, 0.29) is 18.0 Å². The van der Waals surface area contributed by atoms with E-state index in [0.717, 1.165) is 6.07 Å². The van der Waals surface area contributed by atoms with Crippen molar-refractivity contribution in [2.24, 2.45) is 0 Å². The van der Waals surface area contributed by atoms with Crippen LogP contribution in [0.3, 0.4) is 0 Å². The molecule has 2 N–H and O–H groups in total. The van der Waals surface area contributed by atoms with Gasteiger partial charge in [0.15, 0.2) is 0 Å². The first-order valence-electron chi connectivity index (χ1n) is 6.43. The second kappa shape index (κ2) is 6.79. The Morgan fingerprint density at radius 3 is 2.86 bits per heavy atom. The van der Waals surface area contributed by atoms with E-state index in [0.29, 0.717) is 12.1 Å². The van der Waals surface area contributed by atoms with E-state index >= 15 is 0 Å². The van der Waals surface area contributed by atoms with Crippen LogP contribution in [-0.4, -0.2) is 31.8 Å². The smallest absolute Gasteiger partial charge is 0.240 e. The minimum Gasteiger partial charge on any atom is -0.316 e. The van der Waals surface area contributed by atoms with E-state index in [2.05, 4.69) is 15.1 Å². The van der Waals surface area contributed by atoms with Gasteiger partial charge in [-0.3, -0.25) is 4.68 Å². The van der Waals surface area contributed by atoms with E-state index in [1.807, 2.05) is 0 Å². The summed E-state index contributed by atoms with van der Waals surface area (Å²) < 4.78 is 41.9. The highest BCUT2D eigenvalue weighted by molar-refractivity contribution is 7.89. The maximum Gasteiger partial charge on any atom is 0.240 e. The van der Waals surface area contributed by atoms with Crippen molar-refractivity contribution in [1.29, 1.82) is 0 Å². The fraction of sp³-hybridized carbons (Fsp3) is 0.308. The quantitative estimate of drug-likeness (QED) is 0.790. The van der Waals surface area contributed by atoms with Gasteiger partial charge in [-0.15, -0.1) is 0 Å². The van der Waals surface area contributed by atoms with Crippen LogP contribution in [0.2, 0.25) is 0 Å². The number of nitrogens with zero attached hydrogens (tertiary/aromatic N) is 2. The number of nitrogens with one attached hydrogen (secondary N) is 2. The van der Waals surface area contributed by atoms with Gasteiger partial charge in [0, 0.05) is 31.0 Å². The lowest BCUT2D eigenvalue weighted by Crippen LogP contribution is -2.27. The number of benzene rings is 1. The van der Waals surface area contributed by atoms with Crippen LogP contribution in [0.1, 0.15) is 5.56 Å². The third kappa shape index (κ3) is 4.10. The Morgan fingerprint density at radius 1 is 1.38 bits per heavy atom. The second-order valence-corrected chi connectivity index (χ2v) is 6.22. The number of rotatable bonds is 7. The predicted molar refractivity (Wildman–Crippen MR) is 76.6 cm³/mol. The average molecular weight is 312 g/mol. The SMILES string of the molecule is CNCc1cc(S(=O)(=O)NCCn2cccn2)ccc1F. The molecule has 0 saturated carbocycles. The molecule has 0 radical (unpaired) electrons. The first-order chi connectivity index (χ1) is 10.0. The zero-order valence-electron chi connectivity index (χ0n) is 11.6. The molecule has 1 aromatic heterocycles. The molecule has 0 spiro atoms. The van der Waals surface area contributed by atoms with Crippen LogP contribution in [0, 0.1) is 5.82 Å². The number of hydrogen-bond acceptors (Lipinski definition) is 4. The highest BCUT2D eigenvalue weighted by Gasteiger charge is 2.15. The number of halogens is 1. The van der Waals surface area contributed by atoms with Crippen molar-refractivity contribution in [3.05, 3.63) is 48.0 Å². The summed E-state index contributed by atoms with van der Waals surface area (Å²) in [5, 5.41) is 6.78. The average Bonchev–Trinajstić information content (AvgIpc) is 2.94. The molecular weight excluding hydrogens is 295 g/mol. The fourth-order valence-corrected chi connectivity index (χ4v) is 2.93. The number of aromatic nitrogens is 2. The Morgan fingerprint density at radius 2 is 2.19 bits per heavy atom. The fourth-order valence-electron chi connectivity index (χ4n) is 1.85. The van der Waals surface area contributed by atoms with E-state index in [9.17, 15) is 12.8 Å². The van der Waals surface area contributed by atoms with Crippen molar-refractivity contribution in [2.75, 3.05) is 13.6 Å². The highest BCUT2D eigenvalue weighted by Crippen LogP contribution is 2.15. The molecule has 1 heterocycles. The lowest BCUT2D eigenvalue weighted by molar-refractivity contribution is 0.559. The van der Waals surface area contributed by atoms with Gasteiger partial charge >= 0.3 is 0 Å². The zero-order valence-corrected chi connectivity index (χ0v) is 12.4. The van der Waals surface area contributed by atoms with Crippen LogP contribution in [0.15, 0.2) is 41.6 Å². The summed E-state index contributed by atoms with van der Waals surface area (Å²) in [6.07, 6.45) is 3.37. The molecule has 1 aromatic carbocycles. The highest BCUT2D eigenvalue weighted by atomic mass is 32.2. The maximum absolute atomic E-state index is 13.5. The molecule has 0 aliphatic heterocycles. The summed E-state index contributed by atoms with van der Waals surface area (Å²) in [7, 11) is -1.99. The van der Waals surface area contributed by atoms with Crippen molar-refractivity contribution >= 4 is 10.0 Å². The van der Waals surface area contributed by atoms with Crippen molar-refractivity contribution < 1.29 is 12.8 Å². The van der Waals surface area contributed by atoms with Crippen molar-refractivity contribution in [1.82, 2.24) is 19.8 Å². The minimum absolute atomic E-state index is 0.0506. The first kappa shape index (κ1) is 15.6. The van der Waals surface area contributed by atoms with Gasteiger partial charge in [0.2, 0.25) is 10.0 Å². The second-order valence-electron chi connectivity index (χ2n) is 4.45. The lowest BCUT2D eigenvalue weighted by Gasteiger charge is -2.09. The normalized spacial score (nSPS) is 11.7. The maximum atomic E-state index is 13.5. The summed E-state index contributed by atoms with van der Waals surface area (Å²) >= 11 is 0. The molecule has 8 heteroatoms. The third-order valence-corrected chi connectivity index (χ3v) is 4.35. The molecule has 0 saturated heterocycles. The molecule has 2 aromatic rings. The molecule has 0 bridgehead atoms. The topological polar surface area (TPSA) is 76.0 Å². The minimum atomic E-state index is -3.66. The van der Waals surface area contributed by atoms with E-state index in [1.165, 1.54) is 12.1 Å². The molecule has 114 valence electrons. The van der Waals surface area contributed by atoms with Crippen LogP contribution < -0.4 is 10.0 Å². The van der Waals surface area contributed by atoms with Gasteiger partial charge in [0.25, 0.3) is 0 Å². The Labute approximate surface area is 123 Å². The standard InChI is InChI=1S/C13H17FN4O2S/c1-15-10-11-9-12(3-4-13(11)14)21(19,20)17-6-8-18-7-2-5-16-18/h2-5,7,9,15,17H,6,8,10H2,1H3. The largest absolute Gasteiger partial charge is 0.316 e. The van der Waals surface area contributed by atoms with Crippen LogP contribution in [-0.2, 0) is 23.1 Å². The van der Waals surface area contributed by atoms with Gasteiger partial charge < -0.3 is 5.32 Å². The molecule has 0 amide bonds. The summed E-state index contributed by atoms with van der Waals surface area (Å²) in [4.78, 5) is 0.0506. The Bertz CT molecular complexity index is 686. The molecular formula is C13H17FN4O2S. The summed E-state index contributed by atoms with van der Waals surface area (Å²) in [6.45, 7) is 0.905. The van der Waals surface area contributed by atoms with Gasteiger partial charge in [-0.1, -0.05) is 0 Å². The van der Waals surface area contributed by atoms with E-state index < -0.39 is 15.8 Å². The zero-order chi connectivity index (χ0) is 15.3. The van der Waals surface area contributed by atoms with Crippen LogP contribution in [0.5, 0.6) is 0 Å². The van der Waals surface area contributed by atoms with Crippen LogP contribution in [0.4, 0.5) is 4.39 Å². The lowest BCUT2D eigenvalue weighted by atomic mass is 10.2. The molecule has 0 fully saturated rings. The van der Waals surface area contributed by atoms with Crippen LogP contribution in [0.25, 0.3) is 0 Å². The summed E-state index contributed by atoms with van der Waals surface area (Å²) in [5.41, 5.74) is 0.312. The molecule has 0 aliphatic carbocycles. The predicted octanol–water partition coefficient (Wildman–Crippen LogP) is 0.720. The van der Waals surface area contributed by atoms with E-state index in [1.54, 1.807) is 30.2 Å². The first-order valence-corrected chi connectivity index (χ1v) is 7.91. The Balaban J connectivity index is 2.06. The van der Waals surface area contributed by atoms with Crippen LogP contribution >= 0.6 is 0 Å². The molecule has 21 heavy (non-hydrogen) atoms.